The van der Waals surface area contributed by atoms with E-state index in [1.54, 1.807) is 0 Å². The fraction of sp³-hybridized carbons (Fsp3) is 0.600. The fourth-order valence-electron chi connectivity index (χ4n) is 2.09. The van der Waals surface area contributed by atoms with Gasteiger partial charge in [0, 0.05) is 5.88 Å². The molecule has 0 saturated heterocycles. The van der Waals surface area contributed by atoms with Gasteiger partial charge in [0.2, 0.25) is 0 Å². The Hall–Kier alpha value is -0.490. The third kappa shape index (κ3) is 4.17. The van der Waals surface area contributed by atoms with Crippen LogP contribution in [0.2, 0.25) is 0 Å². The zero-order valence-electron chi connectivity index (χ0n) is 10.7. The molecule has 16 heavy (non-hydrogen) atoms. The van der Waals surface area contributed by atoms with Gasteiger partial charge in [-0.15, -0.1) is 11.6 Å². The van der Waals surface area contributed by atoms with E-state index in [0.717, 1.165) is 18.2 Å². The highest BCUT2D eigenvalue weighted by molar-refractivity contribution is 6.18. The van der Waals surface area contributed by atoms with Crippen molar-refractivity contribution in [2.24, 2.45) is 11.8 Å². The highest BCUT2D eigenvalue weighted by atomic mass is 35.5. The summed E-state index contributed by atoms with van der Waals surface area (Å²) in [5.74, 6) is 2.18. The minimum Gasteiger partial charge on any atom is -0.126 e. The first-order chi connectivity index (χ1) is 7.67. The molecule has 0 bridgehead atoms. The molecule has 1 heteroatoms. The Labute approximate surface area is 105 Å². The smallest absolute Gasteiger partial charge is 0.0255 e. The minimum absolute atomic E-state index is 0.623. The van der Waals surface area contributed by atoms with Crippen LogP contribution in [0.15, 0.2) is 24.3 Å². The summed E-state index contributed by atoms with van der Waals surface area (Å²) in [5, 5.41) is 0. The highest BCUT2D eigenvalue weighted by Crippen LogP contribution is 2.22. The monoisotopic (exact) mass is 238 g/mol. The standard InChI is InChI=1S/C15H23Cl/c1-4-12(2)9-14(11-16)10-15-8-6-5-7-13(15)3/h5-8,12,14H,4,9-11H2,1-3H3. The van der Waals surface area contributed by atoms with Gasteiger partial charge in [-0.25, -0.2) is 0 Å². The van der Waals surface area contributed by atoms with Crippen molar-refractivity contribution in [1.29, 1.82) is 0 Å². The molecule has 1 aromatic carbocycles. The lowest BCUT2D eigenvalue weighted by molar-refractivity contribution is 0.407. The van der Waals surface area contributed by atoms with Gasteiger partial charge in [0.05, 0.1) is 0 Å². The maximum absolute atomic E-state index is 6.07. The Morgan fingerprint density at radius 1 is 1.25 bits per heavy atom. The topological polar surface area (TPSA) is 0 Å². The van der Waals surface area contributed by atoms with Gasteiger partial charge in [0.1, 0.15) is 0 Å². The van der Waals surface area contributed by atoms with Crippen LogP contribution in [0.3, 0.4) is 0 Å². The van der Waals surface area contributed by atoms with Gasteiger partial charge in [-0.1, -0.05) is 44.5 Å². The lowest BCUT2D eigenvalue weighted by Crippen LogP contribution is -2.11. The summed E-state index contributed by atoms with van der Waals surface area (Å²) in [7, 11) is 0. The number of hydrogen-bond acceptors (Lipinski definition) is 0. The first-order valence-corrected chi connectivity index (χ1v) is 6.81. The maximum atomic E-state index is 6.07. The van der Waals surface area contributed by atoms with Crippen molar-refractivity contribution in [3.8, 4) is 0 Å². The summed E-state index contributed by atoms with van der Waals surface area (Å²) in [6, 6.07) is 8.63. The molecule has 1 aromatic rings. The van der Waals surface area contributed by atoms with Gasteiger partial charge >= 0.3 is 0 Å². The molecule has 0 aliphatic carbocycles. The molecular weight excluding hydrogens is 216 g/mol. The zero-order chi connectivity index (χ0) is 12.0. The maximum Gasteiger partial charge on any atom is 0.0255 e. The van der Waals surface area contributed by atoms with Crippen LogP contribution in [0, 0.1) is 18.8 Å². The molecule has 0 fully saturated rings. The molecule has 2 unspecified atom stereocenters. The van der Waals surface area contributed by atoms with Crippen molar-refractivity contribution in [1.82, 2.24) is 0 Å². The van der Waals surface area contributed by atoms with Crippen molar-refractivity contribution in [2.75, 3.05) is 5.88 Å². The van der Waals surface area contributed by atoms with Crippen LogP contribution in [0.5, 0.6) is 0 Å². The van der Waals surface area contributed by atoms with E-state index in [2.05, 4.69) is 45.0 Å². The van der Waals surface area contributed by atoms with E-state index in [0.29, 0.717) is 5.92 Å². The number of benzene rings is 1. The normalized spacial score (nSPS) is 14.8. The fourth-order valence-corrected chi connectivity index (χ4v) is 2.32. The Kier molecular flexibility index (Phi) is 5.90. The first kappa shape index (κ1) is 13.6. The van der Waals surface area contributed by atoms with Gasteiger partial charge in [0.15, 0.2) is 0 Å². The van der Waals surface area contributed by atoms with Crippen LogP contribution in [0.25, 0.3) is 0 Å². The number of rotatable bonds is 6. The van der Waals surface area contributed by atoms with E-state index in [-0.39, 0.29) is 0 Å². The van der Waals surface area contributed by atoms with E-state index in [4.69, 9.17) is 11.6 Å². The van der Waals surface area contributed by atoms with Gasteiger partial charge in [0.25, 0.3) is 0 Å². The third-order valence-electron chi connectivity index (χ3n) is 3.42. The minimum atomic E-state index is 0.623. The van der Waals surface area contributed by atoms with Crippen LogP contribution < -0.4 is 0 Å². The molecule has 0 aliphatic rings. The SMILES string of the molecule is CCC(C)CC(CCl)Cc1ccccc1C. The molecular formula is C15H23Cl. The Morgan fingerprint density at radius 2 is 1.94 bits per heavy atom. The lowest BCUT2D eigenvalue weighted by Gasteiger charge is -2.18. The van der Waals surface area contributed by atoms with Crippen LogP contribution in [-0.4, -0.2) is 5.88 Å². The summed E-state index contributed by atoms with van der Waals surface area (Å²) < 4.78 is 0. The second kappa shape index (κ2) is 6.96. The lowest BCUT2D eigenvalue weighted by atomic mass is 9.89. The number of hydrogen-bond donors (Lipinski definition) is 0. The first-order valence-electron chi connectivity index (χ1n) is 6.27. The van der Waals surface area contributed by atoms with Crippen LogP contribution in [0.1, 0.15) is 37.8 Å². The quantitative estimate of drug-likeness (QED) is 0.623. The van der Waals surface area contributed by atoms with Gasteiger partial charge in [-0.3, -0.25) is 0 Å². The number of alkyl halides is 1. The molecule has 0 aliphatic heterocycles. The molecule has 1 rings (SSSR count). The third-order valence-corrected chi connectivity index (χ3v) is 3.86. The summed E-state index contributed by atoms with van der Waals surface area (Å²) in [5.41, 5.74) is 2.85. The summed E-state index contributed by atoms with van der Waals surface area (Å²) in [6.45, 7) is 6.75. The average Bonchev–Trinajstić information content (AvgIpc) is 2.30. The van der Waals surface area contributed by atoms with Crippen molar-refractivity contribution >= 4 is 11.6 Å². The predicted octanol–water partition coefficient (Wildman–Crippen LogP) is 4.83. The van der Waals surface area contributed by atoms with Crippen molar-refractivity contribution in [2.45, 2.75) is 40.0 Å². The average molecular weight is 239 g/mol. The second-order valence-electron chi connectivity index (χ2n) is 4.90. The molecule has 0 saturated carbocycles. The highest BCUT2D eigenvalue weighted by Gasteiger charge is 2.12. The summed E-state index contributed by atoms with van der Waals surface area (Å²) in [6.07, 6.45) is 3.62. The van der Waals surface area contributed by atoms with E-state index in [9.17, 15) is 0 Å². The van der Waals surface area contributed by atoms with E-state index < -0.39 is 0 Å². The Morgan fingerprint density at radius 3 is 2.50 bits per heavy atom. The number of aryl methyl sites for hydroxylation is 1. The van der Waals surface area contributed by atoms with E-state index >= 15 is 0 Å². The summed E-state index contributed by atoms with van der Waals surface area (Å²) in [4.78, 5) is 0. The molecule has 0 N–H and O–H groups in total. The van der Waals surface area contributed by atoms with Gasteiger partial charge in [-0.2, -0.15) is 0 Å². The van der Waals surface area contributed by atoms with E-state index in [1.165, 1.54) is 24.0 Å². The van der Waals surface area contributed by atoms with Crippen LogP contribution in [-0.2, 0) is 6.42 Å². The van der Waals surface area contributed by atoms with Gasteiger partial charge in [-0.05, 0) is 42.7 Å². The van der Waals surface area contributed by atoms with Crippen molar-refractivity contribution in [3.05, 3.63) is 35.4 Å². The molecule has 0 radical (unpaired) electrons. The predicted molar refractivity (Wildman–Crippen MR) is 73.2 cm³/mol. The molecule has 2 atom stereocenters. The zero-order valence-corrected chi connectivity index (χ0v) is 11.4. The van der Waals surface area contributed by atoms with E-state index in [1.807, 2.05) is 0 Å². The summed E-state index contributed by atoms with van der Waals surface area (Å²) >= 11 is 6.07. The molecule has 0 aromatic heterocycles. The molecule has 0 nitrogen and oxygen atoms in total. The van der Waals surface area contributed by atoms with Crippen LogP contribution >= 0.6 is 11.6 Å². The molecule has 0 amide bonds. The Bertz CT molecular complexity index is 306. The molecule has 0 spiro atoms. The Balaban J connectivity index is 2.60. The van der Waals surface area contributed by atoms with Crippen molar-refractivity contribution < 1.29 is 0 Å². The largest absolute Gasteiger partial charge is 0.126 e. The van der Waals surface area contributed by atoms with Gasteiger partial charge < -0.3 is 0 Å². The number of halogens is 1. The second-order valence-corrected chi connectivity index (χ2v) is 5.21. The molecule has 90 valence electrons. The van der Waals surface area contributed by atoms with Crippen molar-refractivity contribution in [3.63, 3.8) is 0 Å². The molecule has 0 heterocycles. The van der Waals surface area contributed by atoms with Crippen LogP contribution in [0.4, 0.5) is 0 Å².